The summed E-state index contributed by atoms with van der Waals surface area (Å²) >= 11 is 0. The fraction of sp³-hybridized carbons (Fsp3) is 0.571. The van der Waals surface area contributed by atoms with E-state index in [2.05, 4.69) is 43.4 Å². The van der Waals surface area contributed by atoms with Crippen LogP contribution in [0.1, 0.15) is 43.4 Å². The first-order valence-corrected chi connectivity index (χ1v) is 6.06. The van der Waals surface area contributed by atoms with Gasteiger partial charge in [0, 0.05) is 6.04 Å². The molecule has 0 heterocycles. The highest BCUT2D eigenvalue weighted by Gasteiger charge is 2.20. The van der Waals surface area contributed by atoms with E-state index in [0.29, 0.717) is 6.04 Å². The number of hydrogen-bond acceptors (Lipinski definition) is 1. The fourth-order valence-electron chi connectivity index (χ4n) is 2.09. The molecule has 0 radical (unpaired) electrons. The maximum Gasteiger partial charge on any atom is 0.0294 e. The zero-order valence-corrected chi connectivity index (χ0v) is 9.79. The minimum atomic E-state index is 0.491. The molecule has 0 spiro atoms. The minimum Gasteiger partial charge on any atom is -0.310 e. The summed E-state index contributed by atoms with van der Waals surface area (Å²) in [5.41, 5.74) is 2.83. The highest BCUT2D eigenvalue weighted by Crippen LogP contribution is 2.32. The van der Waals surface area contributed by atoms with Crippen LogP contribution >= 0.6 is 0 Å². The van der Waals surface area contributed by atoms with E-state index in [1.807, 2.05) is 0 Å². The topological polar surface area (TPSA) is 12.0 Å². The Morgan fingerprint density at radius 2 is 2.07 bits per heavy atom. The van der Waals surface area contributed by atoms with Gasteiger partial charge in [-0.3, -0.25) is 0 Å². The molecule has 1 aromatic rings. The molecule has 1 aromatic carbocycles. The molecular weight excluding hydrogens is 182 g/mol. The molecule has 1 aliphatic rings. The first-order valence-electron chi connectivity index (χ1n) is 6.06. The van der Waals surface area contributed by atoms with Crippen LogP contribution in [0.15, 0.2) is 24.3 Å². The maximum absolute atomic E-state index is 3.61. The average molecular weight is 203 g/mol. The Labute approximate surface area is 92.9 Å². The van der Waals surface area contributed by atoms with Crippen LogP contribution in [0.3, 0.4) is 0 Å². The SMILES string of the molecule is Cc1ccccc1C(C)NCCC1CC1. The summed E-state index contributed by atoms with van der Waals surface area (Å²) in [6, 6.07) is 9.14. The van der Waals surface area contributed by atoms with Crippen molar-refractivity contribution in [2.24, 2.45) is 5.92 Å². The number of rotatable bonds is 5. The van der Waals surface area contributed by atoms with E-state index >= 15 is 0 Å². The molecule has 0 bridgehead atoms. The van der Waals surface area contributed by atoms with Crippen molar-refractivity contribution < 1.29 is 0 Å². The van der Waals surface area contributed by atoms with Gasteiger partial charge in [0.25, 0.3) is 0 Å². The molecule has 15 heavy (non-hydrogen) atoms. The Morgan fingerprint density at radius 1 is 1.33 bits per heavy atom. The molecule has 1 N–H and O–H groups in total. The van der Waals surface area contributed by atoms with Crippen LogP contribution in [0.5, 0.6) is 0 Å². The Bertz CT molecular complexity index is 315. The highest BCUT2D eigenvalue weighted by molar-refractivity contribution is 5.28. The molecule has 1 aliphatic carbocycles. The lowest BCUT2D eigenvalue weighted by Gasteiger charge is -2.16. The molecular formula is C14H21N. The number of nitrogens with one attached hydrogen (secondary N) is 1. The van der Waals surface area contributed by atoms with E-state index < -0.39 is 0 Å². The predicted molar refractivity (Wildman–Crippen MR) is 64.9 cm³/mol. The Balaban J connectivity index is 1.83. The van der Waals surface area contributed by atoms with Crippen molar-refractivity contribution in [1.82, 2.24) is 5.32 Å². The summed E-state index contributed by atoms with van der Waals surface area (Å²) in [6.45, 7) is 5.61. The third-order valence-corrected chi connectivity index (χ3v) is 3.36. The Hall–Kier alpha value is -0.820. The molecule has 1 heteroatoms. The number of hydrogen-bond donors (Lipinski definition) is 1. The second kappa shape index (κ2) is 4.80. The van der Waals surface area contributed by atoms with Gasteiger partial charge >= 0.3 is 0 Å². The quantitative estimate of drug-likeness (QED) is 0.773. The second-order valence-corrected chi connectivity index (χ2v) is 4.76. The van der Waals surface area contributed by atoms with Crippen molar-refractivity contribution in [2.45, 2.75) is 39.2 Å². The minimum absolute atomic E-state index is 0.491. The van der Waals surface area contributed by atoms with Crippen LogP contribution in [-0.2, 0) is 0 Å². The molecule has 0 aliphatic heterocycles. The van der Waals surface area contributed by atoms with E-state index in [1.54, 1.807) is 0 Å². The zero-order chi connectivity index (χ0) is 10.7. The van der Waals surface area contributed by atoms with Crippen LogP contribution in [0, 0.1) is 12.8 Å². The third kappa shape index (κ3) is 3.07. The van der Waals surface area contributed by atoms with Gasteiger partial charge in [-0.25, -0.2) is 0 Å². The smallest absolute Gasteiger partial charge is 0.0294 e. The van der Waals surface area contributed by atoms with Gasteiger partial charge in [0.15, 0.2) is 0 Å². The molecule has 1 unspecified atom stereocenters. The molecule has 0 amide bonds. The summed E-state index contributed by atoms with van der Waals surface area (Å²) in [7, 11) is 0. The van der Waals surface area contributed by atoms with Gasteiger partial charge in [-0.1, -0.05) is 37.1 Å². The summed E-state index contributed by atoms with van der Waals surface area (Å²) in [5, 5.41) is 3.61. The average Bonchev–Trinajstić information content (AvgIpc) is 3.02. The van der Waals surface area contributed by atoms with Crippen molar-refractivity contribution in [3.8, 4) is 0 Å². The normalized spacial score (nSPS) is 17.7. The first-order chi connectivity index (χ1) is 7.27. The van der Waals surface area contributed by atoms with E-state index in [1.165, 1.54) is 36.9 Å². The lowest BCUT2D eigenvalue weighted by molar-refractivity contribution is 0.538. The van der Waals surface area contributed by atoms with Crippen molar-refractivity contribution >= 4 is 0 Å². The largest absolute Gasteiger partial charge is 0.310 e. The van der Waals surface area contributed by atoms with Gasteiger partial charge < -0.3 is 5.32 Å². The number of benzene rings is 1. The predicted octanol–water partition coefficient (Wildman–Crippen LogP) is 3.45. The maximum atomic E-state index is 3.61. The van der Waals surface area contributed by atoms with Crippen LogP contribution in [0.4, 0.5) is 0 Å². The first kappa shape index (κ1) is 10.7. The molecule has 1 fully saturated rings. The van der Waals surface area contributed by atoms with Crippen molar-refractivity contribution in [2.75, 3.05) is 6.54 Å². The second-order valence-electron chi connectivity index (χ2n) is 4.76. The van der Waals surface area contributed by atoms with Crippen LogP contribution in [-0.4, -0.2) is 6.54 Å². The Kier molecular flexibility index (Phi) is 3.42. The van der Waals surface area contributed by atoms with E-state index in [4.69, 9.17) is 0 Å². The van der Waals surface area contributed by atoms with Crippen molar-refractivity contribution in [3.63, 3.8) is 0 Å². The van der Waals surface area contributed by atoms with Gasteiger partial charge in [0.05, 0.1) is 0 Å². The van der Waals surface area contributed by atoms with E-state index in [-0.39, 0.29) is 0 Å². The van der Waals surface area contributed by atoms with Crippen LogP contribution in [0.2, 0.25) is 0 Å². The number of aryl methyl sites for hydroxylation is 1. The molecule has 0 aromatic heterocycles. The van der Waals surface area contributed by atoms with Gasteiger partial charge in [0.2, 0.25) is 0 Å². The lowest BCUT2D eigenvalue weighted by Crippen LogP contribution is -2.20. The third-order valence-electron chi connectivity index (χ3n) is 3.36. The monoisotopic (exact) mass is 203 g/mol. The molecule has 82 valence electrons. The van der Waals surface area contributed by atoms with Gasteiger partial charge in [0.1, 0.15) is 0 Å². The van der Waals surface area contributed by atoms with Gasteiger partial charge in [-0.15, -0.1) is 0 Å². The van der Waals surface area contributed by atoms with Gasteiger partial charge in [-0.2, -0.15) is 0 Å². The molecule has 1 nitrogen and oxygen atoms in total. The summed E-state index contributed by atoms with van der Waals surface area (Å²) < 4.78 is 0. The summed E-state index contributed by atoms with van der Waals surface area (Å²) in [6.07, 6.45) is 4.27. The molecule has 2 rings (SSSR count). The molecule has 1 atom stereocenters. The molecule has 0 saturated heterocycles. The zero-order valence-electron chi connectivity index (χ0n) is 9.79. The van der Waals surface area contributed by atoms with E-state index in [0.717, 1.165) is 5.92 Å². The lowest BCUT2D eigenvalue weighted by atomic mass is 10.0. The fourth-order valence-corrected chi connectivity index (χ4v) is 2.09. The van der Waals surface area contributed by atoms with Gasteiger partial charge in [-0.05, 0) is 43.9 Å². The standard InChI is InChI=1S/C14H21N/c1-11-5-3-4-6-14(11)12(2)15-10-9-13-7-8-13/h3-6,12-13,15H,7-10H2,1-2H3. The summed E-state index contributed by atoms with van der Waals surface area (Å²) in [5.74, 6) is 1.03. The van der Waals surface area contributed by atoms with Crippen molar-refractivity contribution in [1.29, 1.82) is 0 Å². The van der Waals surface area contributed by atoms with E-state index in [9.17, 15) is 0 Å². The van der Waals surface area contributed by atoms with Crippen LogP contribution < -0.4 is 5.32 Å². The highest BCUT2D eigenvalue weighted by atomic mass is 14.9. The van der Waals surface area contributed by atoms with Crippen molar-refractivity contribution in [3.05, 3.63) is 35.4 Å². The summed E-state index contributed by atoms with van der Waals surface area (Å²) in [4.78, 5) is 0. The Morgan fingerprint density at radius 3 is 2.73 bits per heavy atom. The molecule has 1 saturated carbocycles. The van der Waals surface area contributed by atoms with Crippen LogP contribution in [0.25, 0.3) is 0 Å².